The van der Waals surface area contributed by atoms with E-state index in [0.717, 1.165) is 11.1 Å². The summed E-state index contributed by atoms with van der Waals surface area (Å²) in [6.45, 7) is 14.1. The zero-order chi connectivity index (χ0) is 14.5. The molecule has 0 spiro atoms. The molecule has 0 amide bonds. The Morgan fingerprint density at radius 2 is 0.947 bits per heavy atom. The first-order chi connectivity index (χ1) is 8.77. The molecule has 0 radical (unpaired) electrons. The second kappa shape index (κ2) is 5.40. The minimum absolute atomic E-state index is 0.263. The summed E-state index contributed by atoms with van der Waals surface area (Å²) in [6, 6.07) is 0. The summed E-state index contributed by atoms with van der Waals surface area (Å²) in [5.41, 5.74) is 11.4. The van der Waals surface area contributed by atoms with E-state index in [4.69, 9.17) is 0 Å². The molecule has 2 atom stereocenters. The van der Waals surface area contributed by atoms with Crippen LogP contribution in [0.3, 0.4) is 0 Å². The van der Waals surface area contributed by atoms with E-state index in [2.05, 4.69) is 41.5 Å². The maximum absolute atomic E-state index is 2.36. The number of hydrogen-bond acceptors (Lipinski definition) is 0. The second-order valence-corrected chi connectivity index (χ2v) is 10.4. The van der Waals surface area contributed by atoms with Gasteiger partial charge in [-0.3, -0.25) is 0 Å². The molecule has 0 aromatic heterocycles. The molecular weight excluding hydrogens is 299 g/mol. The van der Waals surface area contributed by atoms with E-state index in [1.165, 1.54) is 20.5 Å². The molecule has 0 saturated carbocycles. The van der Waals surface area contributed by atoms with E-state index in [9.17, 15) is 0 Å². The molecule has 0 bridgehead atoms. The molecular formula is C16H26Si2V. The van der Waals surface area contributed by atoms with Crippen LogP contribution in [0.4, 0.5) is 0 Å². The Morgan fingerprint density at radius 1 is 0.632 bits per heavy atom. The monoisotopic (exact) mass is 325 g/mol. The van der Waals surface area contributed by atoms with Gasteiger partial charge in [0.1, 0.15) is 0 Å². The molecule has 0 saturated heterocycles. The van der Waals surface area contributed by atoms with Crippen molar-refractivity contribution in [2.45, 2.75) is 52.6 Å². The van der Waals surface area contributed by atoms with Crippen LogP contribution in [0.2, 0.25) is 11.1 Å². The van der Waals surface area contributed by atoms with Gasteiger partial charge in [0.25, 0.3) is 0 Å². The molecule has 0 N–H and O–H groups in total. The summed E-state index contributed by atoms with van der Waals surface area (Å²) < 4.78 is 3.66. The zero-order valence-corrected chi connectivity index (χ0v) is 19.0. The van der Waals surface area contributed by atoms with Crippen molar-refractivity contribution in [3.05, 3.63) is 42.0 Å². The molecule has 3 heteroatoms. The quantitative estimate of drug-likeness (QED) is 0.685. The van der Waals surface area contributed by atoms with Gasteiger partial charge in [-0.05, 0) is 0 Å². The summed E-state index contributed by atoms with van der Waals surface area (Å²) >= 11 is 0.263. The van der Waals surface area contributed by atoms with Crippen molar-refractivity contribution in [1.82, 2.24) is 0 Å². The molecule has 2 unspecified atom stereocenters. The molecule has 0 nitrogen and oxygen atoms in total. The molecule has 0 aromatic carbocycles. The third-order valence-electron chi connectivity index (χ3n) is 5.44. The van der Waals surface area contributed by atoms with Gasteiger partial charge in [-0.1, -0.05) is 0 Å². The summed E-state index contributed by atoms with van der Waals surface area (Å²) in [6.07, 6.45) is 0. The number of hydrogen-bond donors (Lipinski definition) is 0. The van der Waals surface area contributed by atoms with Gasteiger partial charge in [-0.25, -0.2) is 0 Å². The summed E-state index contributed by atoms with van der Waals surface area (Å²) in [5.74, 6) is 0. The fraction of sp³-hybridized carbons (Fsp3) is 0.500. The van der Waals surface area contributed by atoms with Gasteiger partial charge in [0, 0.05) is 0 Å². The SMILES string of the molecule is CC1=C(C)C([SiH3])[C]([V][C]2=C(C)C(C)=C(C)C2[SiH3])=C1C. The Labute approximate surface area is 131 Å². The van der Waals surface area contributed by atoms with E-state index in [1.54, 1.807) is 33.4 Å². The van der Waals surface area contributed by atoms with Crippen LogP contribution in [0.5, 0.6) is 0 Å². The van der Waals surface area contributed by atoms with Crippen LogP contribution < -0.4 is 0 Å². The Bertz CT molecular complexity index is 511. The first kappa shape index (κ1) is 15.4. The predicted molar refractivity (Wildman–Crippen MR) is 89.5 cm³/mol. The van der Waals surface area contributed by atoms with Crippen LogP contribution >= 0.6 is 0 Å². The van der Waals surface area contributed by atoms with Crippen LogP contribution in [0.1, 0.15) is 41.5 Å². The summed E-state index contributed by atoms with van der Waals surface area (Å²) in [4.78, 5) is 0. The Balaban J connectivity index is 2.32. The maximum atomic E-state index is 2.36. The molecule has 0 aromatic rings. The Morgan fingerprint density at radius 3 is 1.16 bits per heavy atom. The molecule has 19 heavy (non-hydrogen) atoms. The predicted octanol–water partition coefficient (Wildman–Crippen LogP) is 2.62. The first-order valence-corrected chi connectivity index (χ1v) is 11.0. The molecule has 0 heterocycles. The van der Waals surface area contributed by atoms with Crippen LogP contribution in [0, 0.1) is 0 Å². The minimum atomic E-state index is 0.263. The van der Waals surface area contributed by atoms with Crippen LogP contribution in [0.15, 0.2) is 42.0 Å². The van der Waals surface area contributed by atoms with Crippen molar-refractivity contribution in [3.63, 3.8) is 0 Å². The van der Waals surface area contributed by atoms with Gasteiger partial charge in [0.2, 0.25) is 0 Å². The van der Waals surface area contributed by atoms with Gasteiger partial charge in [0.15, 0.2) is 0 Å². The first-order valence-electron chi connectivity index (χ1n) is 7.26. The molecule has 0 fully saturated rings. The van der Waals surface area contributed by atoms with Crippen molar-refractivity contribution in [2.75, 3.05) is 0 Å². The van der Waals surface area contributed by atoms with Gasteiger partial charge in [-0.15, -0.1) is 0 Å². The summed E-state index contributed by atoms with van der Waals surface area (Å²) in [5, 5.41) is 0. The van der Waals surface area contributed by atoms with Crippen molar-refractivity contribution in [3.8, 4) is 0 Å². The molecule has 2 aliphatic carbocycles. The van der Waals surface area contributed by atoms with Gasteiger partial charge in [-0.2, -0.15) is 0 Å². The van der Waals surface area contributed by atoms with E-state index >= 15 is 0 Å². The summed E-state index contributed by atoms with van der Waals surface area (Å²) in [7, 11) is 2.57. The third kappa shape index (κ3) is 2.37. The molecule has 2 rings (SSSR count). The number of rotatable bonds is 2. The Hall–Kier alpha value is -0.0218. The fourth-order valence-electron chi connectivity index (χ4n) is 3.18. The van der Waals surface area contributed by atoms with Gasteiger partial charge in [0.05, 0.1) is 0 Å². The Kier molecular flexibility index (Phi) is 4.37. The second-order valence-electron chi connectivity index (χ2n) is 6.19. The molecule has 103 valence electrons. The molecule has 2 aliphatic rings. The average molecular weight is 326 g/mol. The standard InChI is InChI=1S/2C8H13Si.V/c2*1-5-4-8(9)7(3)6(5)2;/h2*8H,1-3,9H3;. The van der Waals surface area contributed by atoms with Gasteiger partial charge < -0.3 is 0 Å². The van der Waals surface area contributed by atoms with E-state index < -0.39 is 0 Å². The van der Waals surface area contributed by atoms with Gasteiger partial charge >= 0.3 is 131 Å². The van der Waals surface area contributed by atoms with Crippen LogP contribution in [-0.2, 0) is 16.3 Å². The van der Waals surface area contributed by atoms with Crippen molar-refractivity contribution in [1.29, 1.82) is 0 Å². The topological polar surface area (TPSA) is 0 Å². The normalized spacial score (nSPS) is 28.5. The number of allylic oxidation sites excluding steroid dienone is 8. The van der Waals surface area contributed by atoms with Crippen molar-refractivity contribution in [2.24, 2.45) is 0 Å². The van der Waals surface area contributed by atoms with Crippen molar-refractivity contribution >= 4 is 20.5 Å². The van der Waals surface area contributed by atoms with E-state index in [-0.39, 0.29) is 16.3 Å². The van der Waals surface area contributed by atoms with E-state index in [0.29, 0.717) is 0 Å². The van der Waals surface area contributed by atoms with Crippen molar-refractivity contribution < 1.29 is 16.3 Å². The fourth-order valence-corrected chi connectivity index (χ4v) is 8.64. The van der Waals surface area contributed by atoms with Crippen LogP contribution in [0.25, 0.3) is 0 Å². The average Bonchev–Trinajstić information content (AvgIpc) is 2.68. The zero-order valence-electron chi connectivity index (χ0n) is 13.6. The third-order valence-corrected chi connectivity index (χ3v) is 12.9. The van der Waals surface area contributed by atoms with Crippen LogP contribution in [-0.4, -0.2) is 20.5 Å². The van der Waals surface area contributed by atoms with E-state index in [1.807, 2.05) is 8.57 Å². The molecule has 0 aliphatic heterocycles.